The fraction of sp³-hybridized carbons (Fsp3) is 0.818. The molecule has 0 aliphatic rings. The summed E-state index contributed by atoms with van der Waals surface area (Å²) in [5.41, 5.74) is -1.03. The Morgan fingerprint density at radius 1 is 1.00 bits per heavy atom. The predicted molar refractivity (Wildman–Crippen MR) is 60.6 cm³/mol. The zero-order valence-electron chi connectivity index (χ0n) is 10.6. The molecule has 0 aliphatic heterocycles. The van der Waals surface area contributed by atoms with Crippen LogP contribution >= 0.6 is 0 Å². The predicted octanol–water partition coefficient (Wildman–Crippen LogP) is -2.39. The Labute approximate surface area is 105 Å². The Kier molecular flexibility index (Phi) is 6.05. The number of Topliss-reactive ketones (excluding diaryl/α,β-unsaturated/α-hetero) is 2. The molecule has 7 nitrogen and oxygen atoms in total. The minimum Gasteiger partial charge on any atom is -0.394 e. The fourth-order valence-corrected chi connectivity index (χ4v) is 1.18. The number of carbonyl (C=O) groups excluding carboxylic acids is 2. The highest BCUT2D eigenvalue weighted by atomic mass is 16.4. The fourth-order valence-electron chi connectivity index (χ4n) is 1.18. The molecule has 18 heavy (non-hydrogen) atoms. The third-order valence-electron chi connectivity index (χ3n) is 2.43. The van der Waals surface area contributed by atoms with Gasteiger partial charge < -0.3 is 25.5 Å². The van der Waals surface area contributed by atoms with E-state index in [-0.39, 0.29) is 0 Å². The molecule has 0 amide bonds. The van der Waals surface area contributed by atoms with E-state index in [1.807, 2.05) is 0 Å². The summed E-state index contributed by atoms with van der Waals surface area (Å²) in [4.78, 5) is 23.1. The largest absolute Gasteiger partial charge is 0.394 e. The van der Waals surface area contributed by atoms with E-state index < -0.39 is 48.0 Å². The molecule has 0 fully saturated rings. The molecule has 0 aromatic carbocycles. The van der Waals surface area contributed by atoms with Crippen LogP contribution in [0.4, 0.5) is 0 Å². The van der Waals surface area contributed by atoms with Gasteiger partial charge in [0.1, 0.15) is 24.4 Å². The van der Waals surface area contributed by atoms with Gasteiger partial charge in [0, 0.05) is 5.41 Å². The van der Waals surface area contributed by atoms with Crippen LogP contribution in [0.3, 0.4) is 0 Å². The number of hydrogen-bond acceptors (Lipinski definition) is 7. The van der Waals surface area contributed by atoms with Crippen molar-refractivity contribution >= 4 is 11.6 Å². The molecule has 0 unspecified atom stereocenters. The Balaban J connectivity index is 4.80. The lowest BCUT2D eigenvalue weighted by atomic mass is 9.85. The van der Waals surface area contributed by atoms with Crippen LogP contribution in [0.5, 0.6) is 0 Å². The minimum absolute atomic E-state index is 0.855. The summed E-state index contributed by atoms with van der Waals surface area (Å²) >= 11 is 0. The van der Waals surface area contributed by atoms with E-state index in [9.17, 15) is 24.9 Å². The number of hydrogen-bond donors (Lipinski definition) is 5. The average molecular weight is 264 g/mol. The molecule has 7 heteroatoms. The van der Waals surface area contributed by atoms with Crippen molar-refractivity contribution < 1.29 is 35.1 Å². The lowest BCUT2D eigenvalue weighted by Crippen LogP contribution is -2.51. The van der Waals surface area contributed by atoms with Crippen LogP contribution in [0.25, 0.3) is 0 Å². The Morgan fingerprint density at radius 2 is 1.44 bits per heavy atom. The van der Waals surface area contributed by atoms with Gasteiger partial charge in [-0.05, 0) is 0 Å². The maximum absolute atomic E-state index is 11.6. The molecular formula is C11H20O7. The van der Waals surface area contributed by atoms with Crippen molar-refractivity contribution in [3.05, 3.63) is 0 Å². The standard InChI is InChI=1S/C11H20O7/c1-11(2,3)10(18)9(17)8(16)7(15)6(14)5(13)4-12/h5-8,12-16H,4H2,1-3H3/t5-,6-,7+,8-/m1/s1. The summed E-state index contributed by atoms with van der Waals surface area (Å²) in [7, 11) is 0. The first kappa shape index (κ1) is 17.1. The summed E-state index contributed by atoms with van der Waals surface area (Å²) in [6.07, 6.45) is -7.84. The van der Waals surface area contributed by atoms with Crippen LogP contribution in [0, 0.1) is 5.41 Å². The van der Waals surface area contributed by atoms with Gasteiger partial charge in [0.05, 0.1) is 6.61 Å². The van der Waals surface area contributed by atoms with Crippen molar-refractivity contribution in [1.29, 1.82) is 0 Å². The molecule has 0 aromatic heterocycles. The van der Waals surface area contributed by atoms with Gasteiger partial charge in [0.15, 0.2) is 0 Å². The highest BCUT2D eigenvalue weighted by Gasteiger charge is 2.39. The molecule has 0 spiro atoms. The van der Waals surface area contributed by atoms with Crippen molar-refractivity contribution in [1.82, 2.24) is 0 Å². The second-order valence-electron chi connectivity index (χ2n) is 5.12. The van der Waals surface area contributed by atoms with Crippen molar-refractivity contribution in [2.75, 3.05) is 6.61 Å². The maximum atomic E-state index is 11.6. The van der Waals surface area contributed by atoms with E-state index in [4.69, 9.17) is 10.2 Å². The van der Waals surface area contributed by atoms with E-state index >= 15 is 0 Å². The van der Waals surface area contributed by atoms with Gasteiger partial charge >= 0.3 is 0 Å². The first-order chi connectivity index (χ1) is 8.03. The normalized spacial score (nSPS) is 18.9. The smallest absolute Gasteiger partial charge is 0.230 e. The van der Waals surface area contributed by atoms with Crippen LogP contribution in [-0.2, 0) is 9.59 Å². The van der Waals surface area contributed by atoms with E-state index in [1.54, 1.807) is 0 Å². The average Bonchev–Trinajstić information content (AvgIpc) is 2.31. The molecule has 0 radical (unpaired) electrons. The van der Waals surface area contributed by atoms with Gasteiger partial charge in [-0.3, -0.25) is 9.59 Å². The first-order valence-corrected chi connectivity index (χ1v) is 5.45. The summed E-state index contributed by atoms with van der Waals surface area (Å²) in [5, 5.41) is 45.8. The molecule has 0 saturated carbocycles. The van der Waals surface area contributed by atoms with Gasteiger partial charge in [0.2, 0.25) is 11.6 Å². The number of rotatable bonds is 6. The quantitative estimate of drug-likeness (QED) is 0.338. The van der Waals surface area contributed by atoms with Gasteiger partial charge in [-0.2, -0.15) is 0 Å². The monoisotopic (exact) mass is 264 g/mol. The van der Waals surface area contributed by atoms with Crippen LogP contribution < -0.4 is 0 Å². The zero-order chi connectivity index (χ0) is 14.7. The van der Waals surface area contributed by atoms with Crippen molar-refractivity contribution in [2.45, 2.75) is 45.2 Å². The third kappa shape index (κ3) is 4.11. The van der Waals surface area contributed by atoms with E-state index in [1.165, 1.54) is 20.8 Å². The molecule has 0 heterocycles. The molecule has 0 bridgehead atoms. The van der Waals surface area contributed by atoms with E-state index in [2.05, 4.69) is 0 Å². The van der Waals surface area contributed by atoms with Crippen LogP contribution in [-0.4, -0.2) is 68.1 Å². The number of aliphatic hydroxyl groups is 5. The van der Waals surface area contributed by atoms with E-state index in [0.717, 1.165) is 0 Å². The highest BCUT2D eigenvalue weighted by Crippen LogP contribution is 2.17. The topological polar surface area (TPSA) is 135 Å². The lowest BCUT2D eigenvalue weighted by Gasteiger charge is -2.26. The Hall–Kier alpha value is -0.860. The lowest BCUT2D eigenvalue weighted by molar-refractivity contribution is -0.157. The molecule has 106 valence electrons. The maximum Gasteiger partial charge on any atom is 0.230 e. The van der Waals surface area contributed by atoms with Crippen LogP contribution in [0.15, 0.2) is 0 Å². The second kappa shape index (κ2) is 6.35. The zero-order valence-corrected chi connectivity index (χ0v) is 10.6. The molecular weight excluding hydrogens is 244 g/mol. The third-order valence-corrected chi connectivity index (χ3v) is 2.43. The van der Waals surface area contributed by atoms with Gasteiger partial charge in [-0.25, -0.2) is 0 Å². The second-order valence-corrected chi connectivity index (χ2v) is 5.12. The van der Waals surface area contributed by atoms with Gasteiger partial charge in [-0.15, -0.1) is 0 Å². The summed E-state index contributed by atoms with van der Waals surface area (Å²) in [5.74, 6) is -2.15. The molecule has 4 atom stereocenters. The van der Waals surface area contributed by atoms with Crippen LogP contribution in [0.2, 0.25) is 0 Å². The minimum atomic E-state index is -2.15. The Bertz CT molecular complexity index is 307. The first-order valence-electron chi connectivity index (χ1n) is 5.45. The SMILES string of the molecule is CC(C)(C)C(=O)C(=O)[C@H](O)[C@@H](O)[C@H](O)[C@H](O)CO. The summed E-state index contributed by atoms with van der Waals surface area (Å²) in [6, 6.07) is 0. The molecule has 0 rings (SSSR count). The molecule has 0 aromatic rings. The number of aliphatic hydroxyl groups excluding tert-OH is 5. The van der Waals surface area contributed by atoms with Crippen molar-refractivity contribution in [3.63, 3.8) is 0 Å². The molecule has 0 saturated heterocycles. The van der Waals surface area contributed by atoms with Crippen LogP contribution in [0.1, 0.15) is 20.8 Å². The summed E-state index contributed by atoms with van der Waals surface area (Å²) < 4.78 is 0. The molecule has 0 aliphatic carbocycles. The van der Waals surface area contributed by atoms with Gasteiger partial charge in [-0.1, -0.05) is 20.8 Å². The van der Waals surface area contributed by atoms with E-state index in [0.29, 0.717) is 0 Å². The molecule has 5 N–H and O–H groups in total. The number of ketones is 2. The van der Waals surface area contributed by atoms with Crippen molar-refractivity contribution in [3.8, 4) is 0 Å². The van der Waals surface area contributed by atoms with Gasteiger partial charge in [0.25, 0.3) is 0 Å². The summed E-state index contributed by atoms with van der Waals surface area (Å²) in [6.45, 7) is 3.54. The number of carbonyl (C=O) groups is 2. The highest BCUT2D eigenvalue weighted by molar-refractivity contribution is 6.40. The van der Waals surface area contributed by atoms with Crippen molar-refractivity contribution in [2.24, 2.45) is 5.41 Å². The Morgan fingerprint density at radius 3 is 1.78 bits per heavy atom.